The predicted octanol–water partition coefficient (Wildman–Crippen LogP) is 5.44. The molecule has 36 heavy (non-hydrogen) atoms. The number of carbonyl (C=O) groups is 3. The van der Waals surface area contributed by atoms with Gasteiger partial charge in [-0.15, -0.1) is 11.3 Å². The predicted molar refractivity (Wildman–Crippen MR) is 137 cm³/mol. The van der Waals surface area contributed by atoms with Crippen LogP contribution in [-0.4, -0.2) is 30.9 Å². The third-order valence-corrected chi connectivity index (χ3v) is 7.26. The minimum atomic E-state index is -1.01. The molecule has 1 heterocycles. The number of benzene rings is 2. The van der Waals surface area contributed by atoms with E-state index in [1.807, 2.05) is 17.5 Å². The summed E-state index contributed by atoms with van der Waals surface area (Å²) in [6.45, 7) is 0. The maximum absolute atomic E-state index is 13.8. The van der Waals surface area contributed by atoms with Gasteiger partial charge in [0.15, 0.2) is 0 Å². The van der Waals surface area contributed by atoms with Crippen molar-refractivity contribution in [3.05, 3.63) is 87.9 Å². The maximum Gasteiger partial charge on any atom is 0.337 e. The molecule has 8 heteroatoms. The van der Waals surface area contributed by atoms with Gasteiger partial charge in [0.05, 0.1) is 19.1 Å². The molecule has 0 unspecified atom stereocenters. The second kappa shape index (κ2) is 11.9. The molecule has 188 valence electrons. The minimum absolute atomic E-state index is 0.0325. The fourth-order valence-corrected chi connectivity index (χ4v) is 5.25. The number of methoxy groups -OCH3 is 1. The number of nitrogens with one attached hydrogen (secondary N) is 1. The standard InChI is InChI=1S/C28H29FN2O4S/c1-35-28(34)20-11-15-23(16-12-20)31(25(32)18-24-8-5-17-36-24)26(19-9-13-21(29)14-10-19)27(33)30-22-6-3-2-4-7-22/h5,8-17,22,26H,2-4,6-7,18H2,1H3,(H,30,33)/t26-/m1/s1. The van der Waals surface area contributed by atoms with E-state index >= 15 is 0 Å². The summed E-state index contributed by atoms with van der Waals surface area (Å²) in [5.41, 5.74) is 1.29. The van der Waals surface area contributed by atoms with Gasteiger partial charge in [-0.2, -0.15) is 0 Å². The van der Waals surface area contributed by atoms with E-state index in [1.165, 1.54) is 47.6 Å². The summed E-state index contributed by atoms with van der Waals surface area (Å²) in [7, 11) is 1.30. The Hall–Kier alpha value is -3.52. The second-order valence-corrected chi connectivity index (χ2v) is 9.89. The van der Waals surface area contributed by atoms with Crippen molar-refractivity contribution in [2.24, 2.45) is 0 Å². The third kappa shape index (κ3) is 6.18. The number of amides is 2. The Morgan fingerprint density at radius 2 is 1.72 bits per heavy atom. The van der Waals surface area contributed by atoms with Crippen molar-refractivity contribution in [3.8, 4) is 0 Å². The van der Waals surface area contributed by atoms with Crippen LogP contribution >= 0.6 is 11.3 Å². The van der Waals surface area contributed by atoms with E-state index in [1.54, 1.807) is 24.3 Å². The zero-order valence-electron chi connectivity index (χ0n) is 20.1. The highest BCUT2D eigenvalue weighted by Crippen LogP contribution is 2.31. The topological polar surface area (TPSA) is 75.7 Å². The summed E-state index contributed by atoms with van der Waals surface area (Å²) in [4.78, 5) is 41.8. The van der Waals surface area contributed by atoms with Crippen LogP contribution in [0.2, 0.25) is 0 Å². The quantitative estimate of drug-likeness (QED) is 0.411. The lowest BCUT2D eigenvalue weighted by atomic mass is 9.94. The van der Waals surface area contributed by atoms with Gasteiger partial charge in [-0.25, -0.2) is 9.18 Å². The van der Waals surface area contributed by atoms with E-state index in [0.717, 1.165) is 37.0 Å². The molecule has 1 aliphatic carbocycles. The molecule has 4 rings (SSSR count). The van der Waals surface area contributed by atoms with E-state index in [4.69, 9.17) is 4.74 Å². The number of nitrogens with zero attached hydrogens (tertiary/aromatic N) is 1. The highest BCUT2D eigenvalue weighted by atomic mass is 32.1. The lowest BCUT2D eigenvalue weighted by molar-refractivity contribution is -0.127. The fraction of sp³-hybridized carbons (Fsp3) is 0.321. The van der Waals surface area contributed by atoms with Gasteiger partial charge < -0.3 is 10.1 Å². The van der Waals surface area contributed by atoms with Crippen molar-refractivity contribution >= 4 is 34.8 Å². The first-order chi connectivity index (χ1) is 17.5. The average Bonchev–Trinajstić information content (AvgIpc) is 3.41. The summed E-state index contributed by atoms with van der Waals surface area (Å²) in [6, 6.07) is 14.8. The molecule has 1 atom stereocenters. The van der Waals surface area contributed by atoms with Gasteiger partial charge in [0.1, 0.15) is 11.9 Å². The molecule has 1 saturated carbocycles. The van der Waals surface area contributed by atoms with Gasteiger partial charge in [0.2, 0.25) is 11.8 Å². The Kier molecular flexibility index (Phi) is 8.48. The molecular weight excluding hydrogens is 479 g/mol. The molecule has 1 fully saturated rings. The molecule has 1 aromatic heterocycles. The van der Waals surface area contributed by atoms with Crippen LogP contribution < -0.4 is 10.2 Å². The highest BCUT2D eigenvalue weighted by Gasteiger charge is 2.34. The largest absolute Gasteiger partial charge is 0.465 e. The Morgan fingerprint density at radius 1 is 1.03 bits per heavy atom. The molecule has 0 radical (unpaired) electrons. The first kappa shape index (κ1) is 25.6. The normalized spacial score (nSPS) is 14.6. The average molecular weight is 509 g/mol. The molecule has 0 aliphatic heterocycles. The van der Waals surface area contributed by atoms with Crippen LogP contribution in [0.1, 0.15) is 58.9 Å². The van der Waals surface area contributed by atoms with Crippen molar-refractivity contribution < 1.29 is 23.5 Å². The van der Waals surface area contributed by atoms with Gasteiger partial charge in [-0.3, -0.25) is 14.5 Å². The smallest absolute Gasteiger partial charge is 0.337 e. The number of halogens is 1. The molecule has 1 N–H and O–H groups in total. The molecule has 0 spiro atoms. The van der Waals surface area contributed by atoms with Crippen LogP contribution in [-0.2, 0) is 20.7 Å². The Labute approximate surface area is 214 Å². The van der Waals surface area contributed by atoms with Gasteiger partial charge in [0.25, 0.3) is 0 Å². The lowest BCUT2D eigenvalue weighted by Crippen LogP contribution is -2.47. The summed E-state index contributed by atoms with van der Waals surface area (Å²) in [5, 5.41) is 5.03. The van der Waals surface area contributed by atoms with Crippen LogP contribution in [0.3, 0.4) is 0 Å². The number of rotatable bonds is 8. The van der Waals surface area contributed by atoms with Crippen molar-refractivity contribution in [2.45, 2.75) is 50.6 Å². The van der Waals surface area contributed by atoms with E-state index in [9.17, 15) is 18.8 Å². The molecule has 1 aliphatic rings. The van der Waals surface area contributed by atoms with Crippen molar-refractivity contribution in [1.82, 2.24) is 5.32 Å². The molecule has 2 amide bonds. The first-order valence-electron chi connectivity index (χ1n) is 12.0. The van der Waals surface area contributed by atoms with E-state index in [0.29, 0.717) is 16.8 Å². The number of hydrogen-bond donors (Lipinski definition) is 1. The van der Waals surface area contributed by atoms with Crippen LogP contribution in [0.15, 0.2) is 66.0 Å². The molecular formula is C28H29FN2O4S. The first-order valence-corrected chi connectivity index (χ1v) is 12.9. The Bertz CT molecular complexity index is 1170. The van der Waals surface area contributed by atoms with Crippen LogP contribution in [0.25, 0.3) is 0 Å². The summed E-state index contributed by atoms with van der Waals surface area (Å²) in [6.07, 6.45) is 5.11. The van der Waals surface area contributed by atoms with E-state index in [-0.39, 0.29) is 24.3 Å². The molecule has 6 nitrogen and oxygen atoms in total. The second-order valence-electron chi connectivity index (χ2n) is 8.86. The molecule has 0 bridgehead atoms. The van der Waals surface area contributed by atoms with Gasteiger partial charge in [-0.1, -0.05) is 37.5 Å². The van der Waals surface area contributed by atoms with Crippen molar-refractivity contribution in [3.63, 3.8) is 0 Å². The Morgan fingerprint density at radius 3 is 2.33 bits per heavy atom. The van der Waals surface area contributed by atoms with Crippen molar-refractivity contribution in [1.29, 1.82) is 0 Å². The van der Waals surface area contributed by atoms with Crippen LogP contribution in [0, 0.1) is 5.82 Å². The molecule has 3 aromatic rings. The SMILES string of the molecule is COC(=O)c1ccc(N(C(=O)Cc2cccs2)[C@@H](C(=O)NC2CCCCC2)c2ccc(F)cc2)cc1. The number of anilines is 1. The van der Waals surface area contributed by atoms with Crippen LogP contribution in [0.4, 0.5) is 10.1 Å². The monoisotopic (exact) mass is 508 g/mol. The van der Waals surface area contributed by atoms with Crippen molar-refractivity contribution in [2.75, 3.05) is 12.0 Å². The summed E-state index contributed by atoms with van der Waals surface area (Å²) in [5.74, 6) is -1.52. The molecule has 2 aromatic carbocycles. The van der Waals surface area contributed by atoms with Gasteiger partial charge >= 0.3 is 5.97 Å². The fourth-order valence-electron chi connectivity index (χ4n) is 4.55. The van der Waals surface area contributed by atoms with Gasteiger partial charge in [-0.05, 0) is 66.2 Å². The number of carbonyl (C=O) groups excluding carboxylic acids is 3. The maximum atomic E-state index is 13.8. The number of ether oxygens (including phenoxy) is 1. The molecule has 0 saturated heterocycles. The van der Waals surface area contributed by atoms with E-state index < -0.39 is 17.8 Å². The number of esters is 1. The van der Waals surface area contributed by atoms with E-state index in [2.05, 4.69) is 5.32 Å². The van der Waals surface area contributed by atoms with Gasteiger partial charge in [0, 0.05) is 16.6 Å². The third-order valence-electron chi connectivity index (χ3n) is 6.38. The summed E-state index contributed by atoms with van der Waals surface area (Å²) < 4.78 is 18.6. The summed E-state index contributed by atoms with van der Waals surface area (Å²) >= 11 is 1.46. The van der Waals surface area contributed by atoms with Crippen LogP contribution in [0.5, 0.6) is 0 Å². The zero-order valence-corrected chi connectivity index (χ0v) is 20.9. The lowest BCUT2D eigenvalue weighted by Gasteiger charge is -2.33. The highest BCUT2D eigenvalue weighted by molar-refractivity contribution is 7.10. The Balaban J connectivity index is 1.75. The zero-order chi connectivity index (χ0) is 25.5. The number of thiophene rings is 1. The number of hydrogen-bond acceptors (Lipinski definition) is 5. The minimum Gasteiger partial charge on any atom is -0.465 e.